The zero-order valence-corrected chi connectivity index (χ0v) is 14.9. The molecular weight excluding hydrogens is 329 g/mol. The number of rotatable bonds is 7. The van der Waals surface area contributed by atoms with Crippen molar-refractivity contribution in [1.82, 2.24) is 20.6 Å². The third-order valence-corrected chi connectivity index (χ3v) is 4.15. The molecule has 136 valence electrons. The molecule has 26 heavy (non-hydrogen) atoms. The lowest BCUT2D eigenvalue weighted by Crippen LogP contribution is -2.38. The first kappa shape index (κ1) is 17.9. The van der Waals surface area contributed by atoms with Gasteiger partial charge in [-0.25, -0.2) is 4.39 Å². The first-order valence-electron chi connectivity index (χ1n) is 8.93. The van der Waals surface area contributed by atoms with Gasteiger partial charge in [0.2, 0.25) is 0 Å². The minimum atomic E-state index is -0.226. The Morgan fingerprint density at radius 1 is 1.23 bits per heavy atom. The highest BCUT2D eigenvalue weighted by molar-refractivity contribution is 5.83. The fourth-order valence-electron chi connectivity index (χ4n) is 2.87. The number of hydrogen-bond donors (Lipinski definition) is 3. The average Bonchev–Trinajstić information content (AvgIpc) is 3.04. The molecule has 0 aliphatic rings. The maximum atomic E-state index is 13.3. The lowest BCUT2D eigenvalue weighted by Gasteiger charge is -2.11. The number of fused-ring (bicyclic) bond motifs is 1. The summed E-state index contributed by atoms with van der Waals surface area (Å²) in [6.07, 6.45) is 7.28. The van der Waals surface area contributed by atoms with Gasteiger partial charge < -0.3 is 15.6 Å². The van der Waals surface area contributed by atoms with Crippen molar-refractivity contribution in [3.05, 3.63) is 65.9 Å². The number of aromatic nitrogens is 2. The number of nitrogens with zero attached hydrogens (tertiary/aromatic N) is 2. The van der Waals surface area contributed by atoms with Crippen molar-refractivity contribution in [3.8, 4) is 0 Å². The Balaban J connectivity index is 1.54. The minimum absolute atomic E-state index is 0.226. The van der Waals surface area contributed by atoms with E-state index < -0.39 is 0 Å². The first-order valence-corrected chi connectivity index (χ1v) is 8.93. The quantitative estimate of drug-likeness (QED) is 0.452. The summed E-state index contributed by atoms with van der Waals surface area (Å²) in [5, 5.41) is 7.66. The largest absolute Gasteiger partial charge is 0.361 e. The van der Waals surface area contributed by atoms with Crippen LogP contribution in [0.4, 0.5) is 4.39 Å². The lowest BCUT2D eigenvalue weighted by atomic mass is 10.1. The Kier molecular flexibility index (Phi) is 6.19. The van der Waals surface area contributed by atoms with E-state index in [-0.39, 0.29) is 5.82 Å². The van der Waals surface area contributed by atoms with Gasteiger partial charge in [-0.1, -0.05) is 6.07 Å². The number of pyridine rings is 1. The molecule has 0 saturated carbocycles. The summed E-state index contributed by atoms with van der Waals surface area (Å²) in [4.78, 5) is 11.9. The van der Waals surface area contributed by atoms with Crippen LogP contribution in [0, 0.1) is 5.82 Å². The van der Waals surface area contributed by atoms with E-state index in [1.54, 1.807) is 6.20 Å². The van der Waals surface area contributed by atoms with Gasteiger partial charge in [0.05, 0.1) is 0 Å². The Hall–Kier alpha value is -2.89. The van der Waals surface area contributed by atoms with E-state index >= 15 is 0 Å². The fraction of sp³-hybridized carbons (Fsp3) is 0.300. The van der Waals surface area contributed by atoms with Crippen LogP contribution in [-0.4, -0.2) is 35.6 Å². The van der Waals surface area contributed by atoms with Gasteiger partial charge in [-0.15, -0.1) is 0 Å². The molecule has 0 radical (unpaired) electrons. The smallest absolute Gasteiger partial charge is 0.191 e. The average molecular weight is 353 g/mol. The van der Waals surface area contributed by atoms with Crippen LogP contribution in [0.3, 0.4) is 0 Å². The Bertz CT molecular complexity index is 857. The Morgan fingerprint density at radius 2 is 2.15 bits per heavy atom. The van der Waals surface area contributed by atoms with E-state index in [0.717, 1.165) is 48.4 Å². The summed E-state index contributed by atoms with van der Waals surface area (Å²) in [5.41, 5.74) is 3.17. The van der Waals surface area contributed by atoms with Crippen LogP contribution in [0.25, 0.3) is 10.9 Å². The predicted octanol–water partition coefficient (Wildman–Crippen LogP) is 3.04. The number of aromatic amines is 1. The van der Waals surface area contributed by atoms with Crippen LogP contribution in [0.1, 0.15) is 18.1 Å². The molecule has 0 aliphatic carbocycles. The van der Waals surface area contributed by atoms with Crippen molar-refractivity contribution >= 4 is 16.9 Å². The Labute approximate surface area is 152 Å². The molecule has 0 atom stereocenters. The van der Waals surface area contributed by atoms with Crippen molar-refractivity contribution in [2.24, 2.45) is 4.99 Å². The van der Waals surface area contributed by atoms with Crippen LogP contribution in [0.15, 0.2) is 53.9 Å². The van der Waals surface area contributed by atoms with E-state index in [9.17, 15) is 4.39 Å². The number of nitrogens with one attached hydrogen (secondary N) is 3. The predicted molar refractivity (Wildman–Crippen MR) is 104 cm³/mol. The van der Waals surface area contributed by atoms with Crippen molar-refractivity contribution in [2.45, 2.75) is 19.8 Å². The maximum Gasteiger partial charge on any atom is 0.191 e. The summed E-state index contributed by atoms with van der Waals surface area (Å²) in [6.45, 7) is 4.31. The van der Waals surface area contributed by atoms with E-state index in [1.807, 2.05) is 31.5 Å². The molecule has 2 aromatic heterocycles. The van der Waals surface area contributed by atoms with Crippen LogP contribution in [-0.2, 0) is 12.8 Å². The second-order valence-electron chi connectivity index (χ2n) is 6.05. The highest BCUT2D eigenvalue weighted by atomic mass is 19.1. The summed E-state index contributed by atoms with van der Waals surface area (Å²) >= 11 is 0. The number of guanidine groups is 1. The molecule has 3 N–H and O–H groups in total. The number of hydrogen-bond acceptors (Lipinski definition) is 2. The SMILES string of the molecule is CCNC(=NCCc1c[nH]c2cc(F)ccc12)NCCc1cccnc1. The maximum absolute atomic E-state index is 13.3. The van der Waals surface area contributed by atoms with Gasteiger partial charge in [0.1, 0.15) is 5.82 Å². The molecule has 1 aromatic carbocycles. The van der Waals surface area contributed by atoms with E-state index in [2.05, 4.69) is 31.7 Å². The molecule has 6 heteroatoms. The molecule has 3 aromatic rings. The Morgan fingerprint density at radius 3 is 2.96 bits per heavy atom. The van der Waals surface area contributed by atoms with Gasteiger partial charge in [0, 0.05) is 49.1 Å². The molecular formula is C20H24FN5. The lowest BCUT2D eigenvalue weighted by molar-refractivity contribution is 0.629. The summed E-state index contributed by atoms with van der Waals surface area (Å²) < 4.78 is 13.3. The standard InChI is InChI=1S/C20H24FN5/c1-2-23-20(24-10-7-15-4-3-9-22-13-15)25-11-8-16-14-26-19-12-17(21)5-6-18(16)19/h3-6,9,12-14,26H,2,7-8,10-11H2,1H3,(H2,23,24,25). The van der Waals surface area contributed by atoms with Crippen LogP contribution in [0.5, 0.6) is 0 Å². The molecule has 0 bridgehead atoms. The highest BCUT2D eigenvalue weighted by Crippen LogP contribution is 2.19. The third-order valence-electron chi connectivity index (χ3n) is 4.15. The van der Waals surface area contributed by atoms with E-state index in [1.165, 1.54) is 17.7 Å². The molecule has 0 unspecified atom stereocenters. The zero-order valence-electron chi connectivity index (χ0n) is 14.9. The normalized spacial score (nSPS) is 11.7. The van der Waals surface area contributed by atoms with Gasteiger partial charge in [-0.05, 0) is 55.2 Å². The van der Waals surface area contributed by atoms with Crippen molar-refractivity contribution < 1.29 is 4.39 Å². The van der Waals surface area contributed by atoms with Gasteiger partial charge in [0.15, 0.2) is 5.96 Å². The second-order valence-corrected chi connectivity index (χ2v) is 6.05. The van der Waals surface area contributed by atoms with E-state index in [4.69, 9.17) is 0 Å². The molecule has 0 aliphatic heterocycles. The number of benzene rings is 1. The van der Waals surface area contributed by atoms with Crippen LogP contribution < -0.4 is 10.6 Å². The molecule has 0 amide bonds. The van der Waals surface area contributed by atoms with Crippen molar-refractivity contribution in [1.29, 1.82) is 0 Å². The van der Waals surface area contributed by atoms with Gasteiger partial charge >= 0.3 is 0 Å². The molecule has 5 nitrogen and oxygen atoms in total. The van der Waals surface area contributed by atoms with Gasteiger partial charge in [-0.3, -0.25) is 9.98 Å². The van der Waals surface area contributed by atoms with Crippen LogP contribution >= 0.6 is 0 Å². The molecule has 3 rings (SSSR count). The summed E-state index contributed by atoms with van der Waals surface area (Å²) in [7, 11) is 0. The summed E-state index contributed by atoms with van der Waals surface area (Å²) in [6, 6.07) is 8.84. The molecule has 0 saturated heterocycles. The number of aliphatic imine (C=N–C) groups is 1. The molecule has 0 fully saturated rings. The topological polar surface area (TPSA) is 65.1 Å². The first-order chi connectivity index (χ1) is 12.8. The highest BCUT2D eigenvalue weighted by Gasteiger charge is 2.05. The second kappa shape index (κ2) is 8.99. The minimum Gasteiger partial charge on any atom is -0.361 e. The number of H-pyrrole nitrogens is 1. The summed E-state index contributed by atoms with van der Waals surface area (Å²) in [5.74, 6) is 0.582. The van der Waals surface area contributed by atoms with E-state index in [0.29, 0.717) is 6.54 Å². The van der Waals surface area contributed by atoms with Crippen molar-refractivity contribution in [3.63, 3.8) is 0 Å². The third kappa shape index (κ3) is 4.81. The van der Waals surface area contributed by atoms with Gasteiger partial charge in [-0.2, -0.15) is 0 Å². The monoisotopic (exact) mass is 353 g/mol. The molecule has 2 heterocycles. The number of halogens is 1. The fourth-order valence-corrected chi connectivity index (χ4v) is 2.87. The van der Waals surface area contributed by atoms with Crippen molar-refractivity contribution in [2.75, 3.05) is 19.6 Å². The van der Waals surface area contributed by atoms with Crippen LogP contribution in [0.2, 0.25) is 0 Å². The van der Waals surface area contributed by atoms with Gasteiger partial charge in [0.25, 0.3) is 0 Å². The molecule has 0 spiro atoms. The zero-order chi connectivity index (χ0) is 18.2.